The molecule has 0 spiro atoms. The zero-order valence-corrected chi connectivity index (χ0v) is 15.2. The van der Waals surface area contributed by atoms with Gasteiger partial charge in [0, 0.05) is 0 Å². The number of hydrogen-bond acceptors (Lipinski definition) is 1. The molecule has 0 aliphatic rings. The molecular weight excluding hydrogens is 256 g/mol. The lowest BCUT2D eigenvalue weighted by Crippen LogP contribution is -2.21. The van der Waals surface area contributed by atoms with Crippen LogP contribution in [0.3, 0.4) is 0 Å². The third-order valence-electron chi connectivity index (χ3n) is 4.23. The highest BCUT2D eigenvalue weighted by atomic mass is 16.3. The van der Waals surface area contributed by atoms with Crippen molar-refractivity contribution in [2.75, 3.05) is 0 Å². The van der Waals surface area contributed by atoms with Gasteiger partial charge < -0.3 is 5.11 Å². The van der Waals surface area contributed by atoms with Gasteiger partial charge in [-0.25, -0.2) is 0 Å². The summed E-state index contributed by atoms with van der Waals surface area (Å²) in [5.74, 6) is 7.34. The fourth-order valence-electron chi connectivity index (χ4n) is 2.85. The summed E-state index contributed by atoms with van der Waals surface area (Å²) in [7, 11) is 0. The molecule has 21 heavy (non-hydrogen) atoms. The van der Waals surface area contributed by atoms with Crippen molar-refractivity contribution in [3.05, 3.63) is 0 Å². The van der Waals surface area contributed by atoms with Gasteiger partial charge in [-0.1, -0.05) is 78.1 Å². The van der Waals surface area contributed by atoms with E-state index in [0.717, 1.165) is 24.7 Å². The molecule has 0 saturated carbocycles. The van der Waals surface area contributed by atoms with Crippen LogP contribution in [0, 0.1) is 23.7 Å². The molecule has 0 aromatic rings. The van der Waals surface area contributed by atoms with Gasteiger partial charge >= 0.3 is 0 Å². The van der Waals surface area contributed by atoms with E-state index in [-0.39, 0.29) is 0 Å². The van der Waals surface area contributed by atoms with Crippen LogP contribution in [0.25, 0.3) is 0 Å². The van der Waals surface area contributed by atoms with Crippen LogP contribution in [0.5, 0.6) is 0 Å². The Morgan fingerprint density at radius 3 is 1.95 bits per heavy atom. The fourth-order valence-corrected chi connectivity index (χ4v) is 2.85. The monoisotopic (exact) mass is 294 g/mol. The molecule has 0 saturated heterocycles. The Labute approximate surface area is 133 Å². The molecule has 1 N–H and O–H groups in total. The molecule has 124 valence electrons. The number of rotatable bonds is 12. The largest absolute Gasteiger partial charge is 0.378 e. The number of aliphatic hydroxyl groups is 1. The summed E-state index contributed by atoms with van der Waals surface area (Å²) in [5, 5.41) is 9.99. The highest BCUT2D eigenvalue weighted by Crippen LogP contribution is 2.20. The lowest BCUT2D eigenvalue weighted by molar-refractivity contribution is 0.107. The molecule has 0 aliphatic carbocycles. The summed E-state index contributed by atoms with van der Waals surface area (Å²) in [6, 6.07) is 0. The van der Waals surface area contributed by atoms with Crippen molar-refractivity contribution in [1.82, 2.24) is 0 Å². The third-order valence-corrected chi connectivity index (χ3v) is 4.23. The van der Waals surface area contributed by atoms with Crippen molar-refractivity contribution < 1.29 is 5.11 Å². The van der Waals surface area contributed by atoms with Crippen LogP contribution in [-0.4, -0.2) is 10.7 Å². The molecule has 2 atom stereocenters. The molecule has 0 rings (SSSR count). The van der Waals surface area contributed by atoms with Crippen molar-refractivity contribution in [3.8, 4) is 11.8 Å². The van der Waals surface area contributed by atoms with Crippen molar-refractivity contribution in [1.29, 1.82) is 0 Å². The van der Waals surface area contributed by atoms with Gasteiger partial charge in [0.1, 0.15) is 5.60 Å². The molecule has 0 aliphatic heterocycles. The first-order valence-electron chi connectivity index (χ1n) is 9.03. The minimum atomic E-state index is -0.787. The van der Waals surface area contributed by atoms with E-state index in [2.05, 4.69) is 32.6 Å². The second-order valence-electron chi connectivity index (χ2n) is 7.39. The lowest BCUT2D eigenvalue weighted by atomic mass is 9.92. The van der Waals surface area contributed by atoms with Crippen molar-refractivity contribution in [2.45, 2.75) is 104 Å². The SMILES string of the molecule is CC#C[C@](C)(O)CCC[C@H](C)CCCCCCCC(C)C. The van der Waals surface area contributed by atoms with E-state index >= 15 is 0 Å². The molecular formula is C20H38O. The van der Waals surface area contributed by atoms with Gasteiger partial charge in [0.2, 0.25) is 0 Å². The fraction of sp³-hybridized carbons (Fsp3) is 0.900. The molecule has 0 radical (unpaired) electrons. The molecule has 0 unspecified atom stereocenters. The van der Waals surface area contributed by atoms with Crippen LogP contribution in [0.1, 0.15) is 98.8 Å². The maximum Gasteiger partial charge on any atom is 0.122 e. The average Bonchev–Trinajstić information content (AvgIpc) is 2.36. The van der Waals surface area contributed by atoms with Crippen LogP contribution >= 0.6 is 0 Å². The van der Waals surface area contributed by atoms with Gasteiger partial charge in [-0.3, -0.25) is 0 Å². The second-order valence-corrected chi connectivity index (χ2v) is 7.39. The Hall–Kier alpha value is -0.480. The summed E-state index contributed by atoms with van der Waals surface area (Å²) < 4.78 is 0. The Balaban J connectivity index is 3.46. The van der Waals surface area contributed by atoms with Crippen LogP contribution in [0.2, 0.25) is 0 Å². The molecule has 0 heterocycles. The first kappa shape index (κ1) is 20.5. The Morgan fingerprint density at radius 1 is 0.857 bits per heavy atom. The van der Waals surface area contributed by atoms with Gasteiger partial charge in [0.25, 0.3) is 0 Å². The van der Waals surface area contributed by atoms with Gasteiger partial charge in [-0.05, 0) is 38.5 Å². The summed E-state index contributed by atoms with van der Waals surface area (Å²) in [6.07, 6.45) is 12.8. The van der Waals surface area contributed by atoms with E-state index in [4.69, 9.17) is 0 Å². The minimum Gasteiger partial charge on any atom is -0.378 e. The van der Waals surface area contributed by atoms with Gasteiger partial charge in [0.05, 0.1) is 0 Å². The maximum absolute atomic E-state index is 9.99. The summed E-state index contributed by atoms with van der Waals surface area (Å²) in [5.41, 5.74) is -0.787. The molecule has 0 amide bonds. The first-order chi connectivity index (χ1) is 9.87. The van der Waals surface area contributed by atoms with E-state index in [9.17, 15) is 5.11 Å². The van der Waals surface area contributed by atoms with E-state index in [1.165, 1.54) is 51.4 Å². The standard InChI is InChI=1S/C20H38O/c1-6-16-20(5,21)17-12-15-19(4)14-11-9-7-8-10-13-18(2)3/h18-19,21H,7-15,17H2,1-5H3/t19-,20+/m1/s1. The lowest BCUT2D eigenvalue weighted by Gasteiger charge is -2.18. The third kappa shape index (κ3) is 14.2. The minimum absolute atomic E-state index is 0.783. The first-order valence-corrected chi connectivity index (χ1v) is 9.03. The summed E-state index contributed by atoms with van der Waals surface area (Å²) in [4.78, 5) is 0. The Bertz CT molecular complexity index is 293. The zero-order chi connectivity index (χ0) is 16.1. The van der Waals surface area contributed by atoms with E-state index < -0.39 is 5.60 Å². The maximum atomic E-state index is 9.99. The number of hydrogen-bond donors (Lipinski definition) is 1. The molecule has 1 heteroatoms. The molecule has 0 aromatic heterocycles. The van der Waals surface area contributed by atoms with Crippen LogP contribution in [-0.2, 0) is 0 Å². The molecule has 0 bridgehead atoms. The summed E-state index contributed by atoms with van der Waals surface area (Å²) >= 11 is 0. The second kappa shape index (κ2) is 12.1. The average molecular weight is 295 g/mol. The predicted molar refractivity (Wildman–Crippen MR) is 94.2 cm³/mol. The van der Waals surface area contributed by atoms with E-state index in [0.29, 0.717) is 0 Å². The topological polar surface area (TPSA) is 20.2 Å². The van der Waals surface area contributed by atoms with Crippen molar-refractivity contribution >= 4 is 0 Å². The molecule has 0 fully saturated rings. The van der Waals surface area contributed by atoms with Crippen LogP contribution in [0.4, 0.5) is 0 Å². The van der Waals surface area contributed by atoms with Gasteiger partial charge in [-0.2, -0.15) is 0 Å². The van der Waals surface area contributed by atoms with Gasteiger partial charge in [-0.15, -0.1) is 5.92 Å². The smallest absolute Gasteiger partial charge is 0.122 e. The van der Waals surface area contributed by atoms with Crippen molar-refractivity contribution in [2.24, 2.45) is 11.8 Å². The normalized spacial score (nSPS) is 15.4. The Morgan fingerprint density at radius 2 is 1.38 bits per heavy atom. The quantitative estimate of drug-likeness (QED) is 0.348. The molecule has 1 nitrogen and oxygen atoms in total. The van der Waals surface area contributed by atoms with E-state index in [1.807, 2.05) is 6.92 Å². The predicted octanol–water partition coefficient (Wildman–Crippen LogP) is 5.95. The molecule has 0 aromatic carbocycles. The van der Waals surface area contributed by atoms with Crippen LogP contribution < -0.4 is 0 Å². The van der Waals surface area contributed by atoms with Crippen molar-refractivity contribution in [3.63, 3.8) is 0 Å². The highest BCUT2D eigenvalue weighted by molar-refractivity contribution is 5.09. The Kier molecular flexibility index (Phi) is 11.8. The summed E-state index contributed by atoms with van der Waals surface area (Å²) in [6.45, 7) is 10.6. The van der Waals surface area contributed by atoms with Crippen LogP contribution in [0.15, 0.2) is 0 Å². The number of unbranched alkanes of at least 4 members (excludes halogenated alkanes) is 4. The zero-order valence-electron chi connectivity index (χ0n) is 15.2. The highest BCUT2D eigenvalue weighted by Gasteiger charge is 2.16. The van der Waals surface area contributed by atoms with E-state index in [1.54, 1.807) is 6.92 Å². The van der Waals surface area contributed by atoms with Gasteiger partial charge in [0.15, 0.2) is 0 Å².